The Balaban J connectivity index is 1.46. The number of anilines is 1. The average molecular weight is 730 g/mol. The number of nitrogens with zero attached hydrogens (tertiary/aromatic N) is 3. The van der Waals surface area contributed by atoms with Crippen LogP contribution in [0.3, 0.4) is 0 Å². The summed E-state index contributed by atoms with van der Waals surface area (Å²) in [5.74, 6) is -6.97. The zero-order chi connectivity index (χ0) is 35.9. The van der Waals surface area contributed by atoms with Crippen molar-refractivity contribution in [3.05, 3.63) is 93.1 Å². The van der Waals surface area contributed by atoms with Gasteiger partial charge in [0.15, 0.2) is 5.82 Å². The van der Waals surface area contributed by atoms with Gasteiger partial charge in [-0.25, -0.2) is 4.98 Å². The molecule has 1 aromatic heterocycles. The van der Waals surface area contributed by atoms with Gasteiger partial charge in [0.1, 0.15) is 11.5 Å². The number of ether oxygens (including phenoxy) is 1. The second-order valence-corrected chi connectivity index (χ2v) is 13.6. The molecule has 4 amide bonds. The molecular formula is C35H29Cl2F3N4O6. The van der Waals surface area contributed by atoms with E-state index in [9.17, 15) is 32.7 Å². The highest BCUT2D eigenvalue weighted by molar-refractivity contribution is 6.33. The number of phenols is 1. The van der Waals surface area contributed by atoms with Gasteiger partial charge in [-0.05, 0) is 67.6 Å². The summed E-state index contributed by atoms with van der Waals surface area (Å²) < 4.78 is 45.7. The molecule has 4 aliphatic rings. The van der Waals surface area contributed by atoms with Crippen LogP contribution in [-0.2, 0) is 30.8 Å². The van der Waals surface area contributed by atoms with Crippen LogP contribution in [0.5, 0.6) is 11.5 Å². The van der Waals surface area contributed by atoms with Crippen molar-refractivity contribution in [1.29, 1.82) is 0 Å². The Kier molecular flexibility index (Phi) is 8.13. The summed E-state index contributed by atoms with van der Waals surface area (Å²) in [6.45, 7) is 1.87. The third kappa shape index (κ3) is 4.88. The van der Waals surface area contributed by atoms with E-state index in [1.54, 1.807) is 37.3 Å². The number of imide groups is 2. The molecule has 260 valence electrons. The highest BCUT2D eigenvalue weighted by Gasteiger charge is 2.70. The quantitative estimate of drug-likeness (QED) is 0.229. The molecule has 6 atom stereocenters. The molecule has 2 aliphatic heterocycles. The number of allylic oxidation sites excluding steroid dienone is 2. The van der Waals surface area contributed by atoms with Crippen LogP contribution in [0.25, 0.3) is 0 Å². The first-order chi connectivity index (χ1) is 23.7. The third-order valence-electron chi connectivity index (χ3n) is 10.5. The van der Waals surface area contributed by atoms with Crippen LogP contribution in [0, 0.1) is 23.7 Å². The zero-order valence-electron chi connectivity index (χ0n) is 26.5. The van der Waals surface area contributed by atoms with Gasteiger partial charge in [-0.15, -0.1) is 0 Å². The summed E-state index contributed by atoms with van der Waals surface area (Å²) in [7, 11) is 1.43. The molecular weight excluding hydrogens is 700 g/mol. The van der Waals surface area contributed by atoms with Crippen molar-refractivity contribution < 1.29 is 42.2 Å². The SMILES string of the molecule is CCN1C(=O)[C@H]2[C@H](CC=C3[C@H]2C[C@H]2C(=O)N(Nc4ncc(C(F)(F)F)cc4Cl)C(=O)[C@@]2(c2ccc(Cl)cc2)[C@H]3c2cc(OC)ccc2O)C1=O. The normalized spacial score (nSPS) is 27.6. The summed E-state index contributed by atoms with van der Waals surface area (Å²) in [6.07, 6.45) is -2.24. The van der Waals surface area contributed by atoms with Gasteiger partial charge in [0.05, 0.1) is 40.9 Å². The molecule has 1 saturated carbocycles. The van der Waals surface area contributed by atoms with Crippen LogP contribution in [0.2, 0.25) is 10.0 Å². The number of hydrogen-bond acceptors (Lipinski definition) is 8. The van der Waals surface area contributed by atoms with Crippen LogP contribution in [0.4, 0.5) is 19.0 Å². The van der Waals surface area contributed by atoms with E-state index in [-0.39, 0.29) is 48.3 Å². The Morgan fingerprint density at radius 2 is 1.74 bits per heavy atom. The monoisotopic (exact) mass is 728 g/mol. The molecule has 50 heavy (non-hydrogen) atoms. The maximum Gasteiger partial charge on any atom is 0.417 e. The Morgan fingerprint density at radius 3 is 2.38 bits per heavy atom. The van der Waals surface area contributed by atoms with Crippen molar-refractivity contribution in [2.45, 2.75) is 37.3 Å². The number of likely N-dealkylation sites (tertiary alicyclic amines) is 1. The highest BCUT2D eigenvalue weighted by atomic mass is 35.5. The summed E-state index contributed by atoms with van der Waals surface area (Å²) in [5.41, 5.74) is 0.845. The minimum atomic E-state index is -4.75. The molecule has 3 fully saturated rings. The maximum atomic E-state index is 15.2. The number of alkyl halides is 3. The number of hydrazine groups is 1. The van der Waals surface area contributed by atoms with E-state index in [0.717, 1.165) is 0 Å². The van der Waals surface area contributed by atoms with E-state index < -0.39 is 63.6 Å². The predicted molar refractivity (Wildman–Crippen MR) is 174 cm³/mol. The number of benzene rings is 2. The van der Waals surface area contributed by atoms with Crippen LogP contribution in [-0.4, -0.2) is 57.3 Å². The van der Waals surface area contributed by atoms with Gasteiger partial charge in [0, 0.05) is 29.2 Å². The number of aromatic nitrogens is 1. The van der Waals surface area contributed by atoms with Crippen molar-refractivity contribution >= 4 is 52.6 Å². The van der Waals surface area contributed by atoms with E-state index in [1.165, 1.54) is 24.1 Å². The molecule has 7 rings (SSSR count). The highest BCUT2D eigenvalue weighted by Crippen LogP contribution is 2.65. The first-order valence-corrected chi connectivity index (χ1v) is 16.5. The summed E-state index contributed by atoms with van der Waals surface area (Å²) >= 11 is 12.5. The van der Waals surface area contributed by atoms with Gasteiger partial charge in [-0.2, -0.15) is 18.2 Å². The van der Waals surface area contributed by atoms with Crippen LogP contribution < -0.4 is 10.2 Å². The van der Waals surface area contributed by atoms with Gasteiger partial charge in [-0.1, -0.05) is 47.0 Å². The molecule has 3 aromatic rings. The lowest BCUT2D eigenvalue weighted by Crippen LogP contribution is -2.53. The Hall–Kier alpha value is -4.62. The molecule has 3 heterocycles. The van der Waals surface area contributed by atoms with E-state index in [4.69, 9.17) is 27.9 Å². The van der Waals surface area contributed by atoms with Gasteiger partial charge >= 0.3 is 6.18 Å². The number of rotatable bonds is 6. The average Bonchev–Trinajstić information content (AvgIpc) is 3.46. The number of phenolic OH excluding ortho intramolecular Hbond substituents is 1. The van der Waals surface area contributed by atoms with Gasteiger partial charge in [0.25, 0.3) is 11.8 Å². The van der Waals surface area contributed by atoms with Crippen LogP contribution in [0.1, 0.15) is 42.4 Å². The Labute approximate surface area is 293 Å². The van der Waals surface area contributed by atoms with Crippen LogP contribution >= 0.6 is 23.2 Å². The third-order valence-corrected chi connectivity index (χ3v) is 11.1. The zero-order valence-corrected chi connectivity index (χ0v) is 28.0. The molecule has 0 unspecified atom stereocenters. The number of hydrogen-bond donors (Lipinski definition) is 2. The lowest BCUT2D eigenvalue weighted by Gasteiger charge is -2.50. The fraction of sp³-hybridized carbons (Fsp3) is 0.343. The van der Waals surface area contributed by atoms with E-state index in [0.29, 0.717) is 39.2 Å². The number of carbonyl (C=O) groups excluding carboxylic acids is 4. The van der Waals surface area contributed by atoms with Crippen LogP contribution in [0.15, 0.2) is 66.4 Å². The van der Waals surface area contributed by atoms with Crippen molar-refractivity contribution in [2.75, 3.05) is 19.1 Å². The number of nitrogens with one attached hydrogen (secondary N) is 1. The first kappa shape index (κ1) is 33.9. The fourth-order valence-corrected chi connectivity index (χ4v) is 8.73. The number of pyridine rings is 1. The molecule has 2 aliphatic carbocycles. The predicted octanol–water partition coefficient (Wildman–Crippen LogP) is 6.13. The Morgan fingerprint density at radius 1 is 1.02 bits per heavy atom. The number of aromatic hydroxyl groups is 1. The number of amides is 4. The number of fused-ring (bicyclic) bond motifs is 4. The van der Waals surface area contributed by atoms with Gasteiger partial charge < -0.3 is 9.84 Å². The van der Waals surface area contributed by atoms with Crippen molar-refractivity contribution in [3.63, 3.8) is 0 Å². The van der Waals surface area contributed by atoms with Crippen molar-refractivity contribution in [1.82, 2.24) is 14.9 Å². The smallest absolute Gasteiger partial charge is 0.417 e. The topological polar surface area (TPSA) is 129 Å². The molecule has 0 bridgehead atoms. The minimum absolute atomic E-state index is 0.0373. The number of carbonyl (C=O) groups is 4. The number of halogens is 5. The summed E-state index contributed by atoms with van der Waals surface area (Å²) in [6, 6.07) is 11.4. The lowest BCUT2D eigenvalue weighted by molar-refractivity contribution is -0.141. The molecule has 2 N–H and O–H groups in total. The van der Waals surface area contributed by atoms with E-state index in [2.05, 4.69) is 10.4 Å². The molecule has 2 aromatic carbocycles. The fourth-order valence-electron chi connectivity index (χ4n) is 8.39. The minimum Gasteiger partial charge on any atom is -0.508 e. The standard InChI is InChI=1S/C35H29Cl2F3N4O6/c1-3-43-30(46)21-10-9-20-22(27(21)32(43)48)14-24-31(47)44(42-29-25(37)12-17(15-41-29)35(38,39)40)33(49)34(24,16-4-6-18(36)7-5-16)28(20)23-13-19(50-2)8-11-26(23)45/h4-9,11-13,15,21-22,24,27-28,45H,3,10,14H2,1-2H3,(H,41,42)/t21-,22+,24-,27-,28+,34+/m0/s1. The summed E-state index contributed by atoms with van der Waals surface area (Å²) in [5, 5.41) is 12.0. The maximum absolute atomic E-state index is 15.2. The molecule has 10 nitrogen and oxygen atoms in total. The number of methoxy groups -OCH3 is 1. The molecule has 0 spiro atoms. The van der Waals surface area contributed by atoms with Gasteiger partial charge in [-0.3, -0.25) is 29.5 Å². The van der Waals surface area contributed by atoms with E-state index in [1.807, 2.05) is 6.08 Å². The second kappa shape index (κ2) is 12.0. The molecule has 2 saturated heterocycles. The summed E-state index contributed by atoms with van der Waals surface area (Å²) in [4.78, 5) is 62.0. The second-order valence-electron chi connectivity index (χ2n) is 12.8. The first-order valence-electron chi connectivity index (χ1n) is 15.8. The molecule has 0 radical (unpaired) electrons. The lowest BCUT2D eigenvalue weighted by atomic mass is 9.49. The van der Waals surface area contributed by atoms with Gasteiger partial charge in [0.2, 0.25) is 11.8 Å². The largest absolute Gasteiger partial charge is 0.508 e. The van der Waals surface area contributed by atoms with Crippen molar-refractivity contribution in [2.24, 2.45) is 23.7 Å². The van der Waals surface area contributed by atoms with Crippen molar-refractivity contribution in [3.8, 4) is 11.5 Å². The van der Waals surface area contributed by atoms with E-state index >= 15 is 4.79 Å². The molecule has 15 heteroatoms. The Bertz CT molecular complexity index is 1990.